The van der Waals surface area contributed by atoms with Crippen LogP contribution in [0.2, 0.25) is 0 Å². The molecule has 3 atom stereocenters. The normalized spacial score (nSPS) is 24.2. The first-order valence-corrected chi connectivity index (χ1v) is 9.76. The lowest BCUT2D eigenvalue weighted by Gasteiger charge is -2.17. The van der Waals surface area contributed by atoms with E-state index in [1.165, 1.54) is 0 Å². The summed E-state index contributed by atoms with van der Waals surface area (Å²) in [7, 11) is -4.05. The lowest BCUT2D eigenvalue weighted by atomic mass is 10.1. The van der Waals surface area contributed by atoms with Crippen LogP contribution in [0.4, 0.5) is 0 Å². The minimum Gasteiger partial charge on any atom is -0.340 e. The van der Waals surface area contributed by atoms with Gasteiger partial charge in [0.05, 0.1) is 6.61 Å². The van der Waals surface area contributed by atoms with Gasteiger partial charge < -0.3 is 9.47 Å². The Balaban J connectivity index is 1.86. The van der Waals surface area contributed by atoms with Crippen molar-refractivity contribution in [3.05, 3.63) is 69.3 Å². The summed E-state index contributed by atoms with van der Waals surface area (Å²) in [6, 6.07) is 17.1. The average Bonchev–Trinajstić information content (AvgIpc) is 2.98. The molecular formula is C16H16INO5S. The van der Waals surface area contributed by atoms with Gasteiger partial charge in [-0.15, -0.1) is 0 Å². The summed E-state index contributed by atoms with van der Waals surface area (Å²) < 4.78 is 39.9. The summed E-state index contributed by atoms with van der Waals surface area (Å²) in [5.41, 5.74) is 1.77. The Morgan fingerprint density at radius 2 is 1.71 bits per heavy atom. The van der Waals surface area contributed by atoms with Gasteiger partial charge in [0.1, 0.15) is 12.2 Å². The molecule has 2 N–H and O–H groups in total. The van der Waals surface area contributed by atoms with E-state index in [1.807, 2.05) is 54.6 Å². The van der Waals surface area contributed by atoms with Gasteiger partial charge >= 0.3 is 10.3 Å². The Labute approximate surface area is 154 Å². The summed E-state index contributed by atoms with van der Waals surface area (Å²) in [6.07, 6.45) is -1.64. The fourth-order valence-electron chi connectivity index (χ4n) is 2.52. The average molecular weight is 461 g/mol. The minimum atomic E-state index is -4.05. The highest BCUT2D eigenvalue weighted by Gasteiger charge is 2.39. The van der Waals surface area contributed by atoms with E-state index in [9.17, 15) is 8.42 Å². The zero-order chi connectivity index (χ0) is 17.2. The van der Waals surface area contributed by atoms with Crippen LogP contribution < -0.4 is 5.14 Å². The van der Waals surface area contributed by atoms with E-state index in [0.717, 1.165) is 14.7 Å². The van der Waals surface area contributed by atoms with Crippen molar-refractivity contribution in [2.24, 2.45) is 5.14 Å². The number of halogens is 1. The van der Waals surface area contributed by atoms with Gasteiger partial charge in [0.15, 0.2) is 6.29 Å². The van der Waals surface area contributed by atoms with Crippen molar-refractivity contribution in [1.29, 1.82) is 0 Å². The van der Waals surface area contributed by atoms with E-state index >= 15 is 0 Å². The largest absolute Gasteiger partial charge is 0.340 e. The molecule has 1 fully saturated rings. The molecule has 1 heterocycles. The van der Waals surface area contributed by atoms with Crippen molar-refractivity contribution in [3.63, 3.8) is 0 Å². The first kappa shape index (κ1) is 17.8. The first-order valence-electron chi connectivity index (χ1n) is 7.21. The Hall–Kier alpha value is -1.04. The highest BCUT2D eigenvalue weighted by molar-refractivity contribution is 14.1. The molecule has 1 saturated heterocycles. The molecule has 2 aromatic carbocycles. The van der Waals surface area contributed by atoms with Crippen LogP contribution in [-0.2, 0) is 24.0 Å². The van der Waals surface area contributed by atoms with E-state index in [2.05, 4.69) is 22.6 Å². The van der Waals surface area contributed by atoms with Crippen LogP contribution in [0, 0.1) is 3.57 Å². The molecule has 0 saturated carbocycles. The molecule has 2 unspecified atom stereocenters. The second-order valence-corrected chi connectivity index (χ2v) is 7.66. The first-order chi connectivity index (χ1) is 11.4. The van der Waals surface area contributed by atoms with Crippen LogP contribution in [-0.4, -0.2) is 21.1 Å². The van der Waals surface area contributed by atoms with Crippen LogP contribution >= 0.6 is 22.6 Å². The van der Waals surface area contributed by atoms with Crippen molar-refractivity contribution in [2.45, 2.75) is 18.5 Å². The molecule has 6 nitrogen and oxygen atoms in total. The van der Waals surface area contributed by atoms with Crippen molar-refractivity contribution in [2.75, 3.05) is 6.61 Å². The minimum absolute atomic E-state index is 0.211. The second kappa shape index (κ2) is 7.46. The molecular weight excluding hydrogens is 445 g/mol. The number of benzene rings is 2. The van der Waals surface area contributed by atoms with Crippen LogP contribution in [0.1, 0.15) is 23.5 Å². The predicted molar refractivity (Wildman–Crippen MR) is 96.1 cm³/mol. The Morgan fingerprint density at radius 3 is 2.38 bits per heavy atom. The highest BCUT2D eigenvalue weighted by Crippen LogP contribution is 2.41. The molecule has 0 bridgehead atoms. The smallest absolute Gasteiger partial charge is 0.333 e. The van der Waals surface area contributed by atoms with Crippen LogP contribution in [0.25, 0.3) is 0 Å². The number of rotatable bonds is 5. The number of hydrogen-bond acceptors (Lipinski definition) is 5. The lowest BCUT2D eigenvalue weighted by molar-refractivity contribution is -0.0727. The van der Waals surface area contributed by atoms with E-state index in [1.54, 1.807) is 0 Å². The number of ether oxygens (including phenoxy) is 2. The maximum atomic E-state index is 11.1. The van der Waals surface area contributed by atoms with Gasteiger partial charge in [0.25, 0.3) is 0 Å². The van der Waals surface area contributed by atoms with Crippen molar-refractivity contribution < 1.29 is 22.1 Å². The maximum absolute atomic E-state index is 11.1. The van der Waals surface area contributed by atoms with E-state index in [4.69, 9.17) is 18.8 Å². The topological polar surface area (TPSA) is 87.9 Å². The molecule has 3 rings (SSSR count). The van der Waals surface area contributed by atoms with E-state index in [-0.39, 0.29) is 6.61 Å². The third kappa shape index (κ3) is 4.32. The van der Waals surface area contributed by atoms with Gasteiger partial charge in [0, 0.05) is 9.13 Å². The molecule has 1 aliphatic heterocycles. The van der Waals surface area contributed by atoms with Gasteiger partial charge in [-0.2, -0.15) is 8.42 Å². The molecule has 0 amide bonds. The number of hydrogen-bond donors (Lipinski definition) is 1. The van der Waals surface area contributed by atoms with Crippen molar-refractivity contribution in [1.82, 2.24) is 0 Å². The lowest BCUT2D eigenvalue weighted by Crippen LogP contribution is -2.27. The van der Waals surface area contributed by atoms with Crippen molar-refractivity contribution in [3.8, 4) is 0 Å². The van der Waals surface area contributed by atoms with Crippen LogP contribution in [0.15, 0.2) is 54.6 Å². The summed E-state index contributed by atoms with van der Waals surface area (Å²) in [4.78, 5) is 0. The molecule has 0 spiro atoms. The SMILES string of the molecule is NS(=O)(=O)OC[C@@H]1OC(c2ccccc2)OC1c1ccccc1I. The fourth-order valence-corrected chi connectivity index (χ4v) is 3.54. The molecule has 0 aliphatic carbocycles. The quantitative estimate of drug-likeness (QED) is 0.692. The Kier molecular flexibility index (Phi) is 5.52. The molecule has 128 valence electrons. The van der Waals surface area contributed by atoms with Crippen molar-refractivity contribution >= 4 is 32.9 Å². The van der Waals surface area contributed by atoms with Gasteiger partial charge in [-0.05, 0) is 34.2 Å². The molecule has 24 heavy (non-hydrogen) atoms. The Morgan fingerprint density at radius 1 is 1.04 bits per heavy atom. The van der Waals surface area contributed by atoms with E-state index < -0.39 is 28.8 Å². The summed E-state index contributed by atoms with van der Waals surface area (Å²) >= 11 is 2.21. The standard InChI is InChI=1S/C16H16INO5S/c17-13-9-5-4-8-12(13)15-14(10-21-24(18,19)20)22-16(23-15)11-6-2-1-3-7-11/h1-9,14-16H,10H2,(H2,18,19,20)/t14-,15?,16?/m0/s1. The predicted octanol–water partition coefficient (Wildman–Crippen LogP) is 2.67. The fraction of sp³-hybridized carbons (Fsp3) is 0.250. The van der Waals surface area contributed by atoms with Gasteiger partial charge in [0.2, 0.25) is 0 Å². The van der Waals surface area contributed by atoms with Gasteiger partial charge in [-0.1, -0.05) is 48.5 Å². The zero-order valence-corrected chi connectivity index (χ0v) is 15.5. The molecule has 0 aromatic heterocycles. The van der Waals surface area contributed by atoms with Gasteiger partial charge in [-0.25, -0.2) is 5.14 Å². The molecule has 1 aliphatic rings. The second-order valence-electron chi connectivity index (χ2n) is 5.27. The molecule has 2 aromatic rings. The number of nitrogens with two attached hydrogens (primary N) is 1. The Bertz CT molecular complexity index is 799. The maximum Gasteiger partial charge on any atom is 0.333 e. The summed E-state index contributed by atoms with van der Waals surface area (Å²) in [5, 5.41) is 4.93. The summed E-state index contributed by atoms with van der Waals surface area (Å²) in [5.74, 6) is 0. The van der Waals surface area contributed by atoms with E-state index in [0.29, 0.717) is 0 Å². The zero-order valence-electron chi connectivity index (χ0n) is 12.5. The van der Waals surface area contributed by atoms with Gasteiger partial charge in [-0.3, -0.25) is 4.18 Å². The highest BCUT2D eigenvalue weighted by atomic mass is 127. The molecule has 8 heteroatoms. The van der Waals surface area contributed by atoms with Crippen LogP contribution in [0.3, 0.4) is 0 Å². The van der Waals surface area contributed by atoms with Crippen LogP contribution in [0.5, 0.6) is 0 Å². The molecule has 0 radical (unpaired) electrons. The monoisotopic (exact) mass is 461 g/mol. The summed E-state index contributed by atoms with van der Waals surface area (Å²) in [6.45, 7) is -0.211. The third-order valence-electron chi connectivity index (χ3n) is 3.59. The third-order valence-corrected chi connectivity index (χ3v) is 5.03.